The van der Waals surface area contributed by atoms with E-state index >= 15 is 0 Å². The van der Waals surface area contributed by atoms with Gasteiger partial charge in [0.05, 0.1) is 15.6 Å². The first-order valence-electron chi connectivity index (χ1n) is 13.2. The first-order chi connectivity index (χ1) is 19.1. The smallest absolute Gasteiger partial charge is 0.264 e. The molecule has 212 valence electrons. The van der Waals surface area contributed by atoms with E-state index in [-0.39, 0.29) is 39.1 Å². The molecule has 4 rings (SSSR count). The van der Waals surface area contributed by atoms with Gasteiger partial charge in [-0.15, -0.1) is 0 Å². The number of rotatable bonds is 10. The summed E-state index contributed by atoms with van der Waals surface area (Å²) in [5, 5.41) is 3.45. The maximum Gasteiger partial charge on any atom is 0.264 e. The van der Waals surface area contributed by atoms with Gasteiger partial charge in [0, 0.05) is 17.6 Å². The normalized spacial score (nSPS) is 14.5. The van der Waals surface area contributed by atoms with Crippen molar-refractivity contribution in [3.05, 3.63) is 94.0 Å². The Kier molecular flexibility index (Phi) is 9.77. The first kappa shape index (κ1) is 29.9. The van der Waals surface area contributed by atoms with Crippen molar-refractivity contribution in [2.24, 2.45) is 0 Å². The van der Waals surface area contributed by atoms with Crippen LogP contribution in [0.5, 0.6) is 0 Å². The van der Waals surface area contributed by atoms with E-state index in [4.69, 9.17) is 23.2 Å². The first-order valence-corrected chi connectivity index (χ1v) is 15.4. The van der Waals surface area contributed by atoms with Gasteiger partial charge in [0.15, 0.2) is 0 Å². The number of hydrogen-bond donors (Lipinski definition) is 1. The molecule has 0 radical (unpaired) electrons. The maximum atomic E-state index is 14.0. The van der Waals surface area contributed by atoms with E-state index in [1.807, 2.05) is 31.2 Å². The van der Waals surface area contributed by atoms with E-state index in [9.17, 15) is 18.0 Å². The summed E-state index contributed by atoms with van der Waals surface area (Å²) >= 11 is 12.7. The predicted octanol–water partition coefficient (Wildman–Crippen LogP) is 5.97. The zero-order chi connectivity index (χ0) is 28.9. The summed E-state index contributed by atoms with van der Waals surface area (Å²) in [7, 11) is -4.22. The summed E-state index contributed by atoms with van der Waals surface area (Å²) in [6, 6.07) is 19.1. The third-order valence-electron chi connectivity index (χ3n) is 7.09. The molecule has 10 heteroatoms. The SMILES string of the molecule is Cc1cccc(CN(C(=O)CN(c2cc(Cl)ccc2Cl)S(=O)(=O)c2ccccc2)[C@@H](C)C(=O)NC2CCCC2)c1. The van der Waals surface area contributed by atoms with E-state index in [2.05, 4.69) is 5.32 Å². The second-order valence-corrected chi connectivity index (χ2v) is 12.8. The third kappa shape index (κ3) is 7.16. The molecule has 1 atom stereocenters. The van der Waals surface area contributed by atoms with Gasteiger partial charge in [-0.2, -0.15) is 0 Å². The van der Waals surface area contributed by atoms with Crippen LogP contribution in [0.1, 0.15) is 43.7 Å². The number of carbonyl (C=O) groups excluding carboxylic acids is 2. The quantitative estimate of drug-likeness (QED) is 0.310. The minimum Gasteiger partial charge on any atom is -0.352 e. The van der Waals surface area contributed by atoms with Gasteiger partial charge in [0.25, 0.3) is 10.0 Å². The van der Waals surface area contributed by atoms with Crippen LogP contribution in [-0.2, 0) is 26.2 Å². The van der Waals surface area contributed by atoms with Gasteiger partial charge in [-0.25, -0.2) is 8.42 Å². The van der Waals surface area contributed by atoms with Crippen LogP contribution in [-0.4, -0.2) is 43.8 Å². The number of benzene rings is 3. The summed E-state index contributed by atoms with van der Waals surface area (Å²) in [4.78, 5) is 28.8. The molecule has 0 bridgehead atoms. The summed E-state index contributed by atoms with van der Waals surface area (Å²) in [5.41, 5.74) is 1.91. The number of carbonyl (C=O) groups is 2. The molecule has 2 amide bonds. The van der Waals surface area contributed by atoms with Crippen LogP contribution in [0, 0.1) is 6.92 Å². The molecule has 1 N–H and O–H groups in total. The Morgan fingerprint density at radius 1 is 0.975 bits per heavy atom. The molecule has 0 unspecified atom stereocenters. The van der Waals surface area contributed by atoms with Gasteiger partial charge in [0.1, 0.15) is 12.6 Å². The standard InChI is InChI=1S/C30H33Cl2N3O4S/c1-21-9-8-10-23(17-21)19-34(22(2)30(37)33-25-11-6-7-12-25)29(36)20-35(28-18-24(31)15-16-27(28)32)40(38,39)26-13-4-3-5-14-26/h3-5,8-10,13-18,22,25H,6-7,11-12,19-20H2,1-2H3,(H,33,37)/t22-/m0/s1. The topological polar surface area (TPSA) is 86.8 Å². The fraction of sp³-hybridized carbons (Fsp3) is 0.333. The second-order valence-electron chi connectivity index (χ2n) is 10.1. The lowest BCUT2D eigenvalue weighted by atomic mass is 10.1. The molecule has 1 aliphatic rings. The largest absolute Gasteiger partial charge is 0.352 e. The molecular weight excluding hydrogens is 569 g/mol. The second kappa shape index (κ2) is 13.1. The lowest BCUT2D eigenvalue weighted by molar-refractivity contribution is -0.139. The Hall–Kier alpha value is -3.07. The Balaban J connectivity index is 1.71. The van der Waals surface area contributed by atoms with E-state index in [0.29, 0.717) is 0 Å². The molecule has 3 aromatic carbocycles. The fourth-order valence-corrected chi connectivity index (χ4v) is 6.77. The van der Waals surface area contributed by atoms with E-state index in [1.165, 1.54) is 29.2 Å². The number of hydrogen-bond acceptors (Lipinski definition) is 4. The zero-order valence-electron chi connectivity index (χ0n) is 22.5. The van der Waals surface area contributed by atoms with Gasteiger partial charge in [-0.3, -0.25) is 13.9 Å². The van der Waals surface area contributed by atoms with Crippen LogP contribution >= 0.6 is 23.2 Å². The Morgan fingerprint density at radius 2 is 1.68 bits per heavy atom. The molecule has 40 heavy (non-hydrogen) atoms. The van der Waals surface area contributed by atoms with Crippen molar-refractivity contribution in [2.75, 3.05) is 10.8 Å². The molecule has 1 aliphatic carbocycles. The highest BCUT2D eigenvalue weighted by Gasteiger charge is 2.34. The molecule has 0 saturated heterocycles. The highest BCUT2D eigenvalue weighted by atomic mass is 35.5. The van der Waals surface area contributed by atoms with Gasteiger partial charge in [-0.1, -0.05) is 84.1 Å². The minimum absolute atomic E-state index is 0.00361. The molecule has 7 nitrogen and oxygen atoms in total. The van der Waals surface area contributed by atoms with Gasteiger partial charge >= 0.3 is 0 Å². The van der Waals surface area contributed by atoms with Crippen LogP contribution in [0.4, 0.5) is 5.69 Å². The summed E-state index contributed by atoms with van der Waals surface area (Å²) in [5.74, 6) is -0.822. The van der Waals surface area contributed by atoms with Crippen LogP contribution in [0.3, 0.4) is 0 Å². The molecule has 1 fully saturated rings. The number of nitrogens with zero attached hydrogens (tertiary/aromatic N) is 2. The van der Waals surface area contributed by atoms with Gasteiger partial charge in [-0.05, 0) is 62.6 Å². The average molecular weight is 603 g/mol. The Morgan fingerprint density at radius 3 is 2.35 bits per heavy atom. The Bertz CT molecular complexity index is 1460. The number of nitrogens with one attached hydrogen (secondary N) is 1. The van der Waals surface area contributed by atoms with Crippen LogP contribution in [0.2, 0.25) is 10.0 Å². The van der Waals surface area contributed by atoms with Crippen molar-refractivity contribution in [2.45, 2.75) is 63.1 Å². The van der Waals surface area contributed by atoms with Crippen molar-refractivity contribution in [1.29, 1.82) is 0 Å². The summed E-state index contributed by atoms with van der Waals surface area (Å²) in [6.45, 7) is 3.16. The summed E-state index contributed by atoms with van der Waals surface area (Å²) < 4.78 is 28.7. The number of aryl methyl sites for hydroxylation is 1. The van der Waals surface area contributed by atoms with Crippen molar-refractivity contribution in [3.8, 4) is 0 Å². The molecule has 0 aromatic heterocycles. The van der Waals surface area contributed by atoms with Crippen LogP contribution in [0.15, 0.2) is 77.7 Å². The minimum atomic E-state index is -4.22. The van der Waals surface area contributed by atoms with E-state index < -0.39 is 28.5 Å². The van der Waals surface area contributed by atoms with Gasteiger partial charge in [0.2, 0.25) is 11.8 Å². The number of sulfonamides is 1. The molecule has 0 spiro atoms. The van der Waals surface area contributed by atoms with Crippen molar-refractivity contribution < 1.29 is 18.0 Å². The molecule has 3 aromatic rings. The van der Waals surface area contributed by atoms with Gasteiger partial charge < -0.3 is 10.2 Å². The maximum absolute atomic E-state index is 14.0. The van der Waals surface area contributed by atoms with E-state index in [1.54, 1.807) is 31.2 Å². The molecule has 0 aliphatic heterocycles. The summed E-state index contributed by atoms with van der Waals surface area (Å²) in [6.07, 6.45) is 3.91. The van der Waals surface area contributed by atoms with Crippen molar-refractivity contribution >= 4 is 50.7 Å². The number of halogens is 2. The molecule has 0 heterocycles. The number of amides is 2. The third-order valence-corrected chi connectivity index (χ3v) is 9.42. The van der Waals surface area contributed by atoms with Crippen LogP contribution < -0.4 is 9.62 Å². The number of anilines is 1. The Labute approximate surface area is 246 Å². The zero-order valence-corrected chi connectivity index (χ0v) is 24.8. The van der Waals surface area contributed by atoms with E-state index in [0.717, 1.165) is 41.1 Å². The fourth-order valence-electron chi connectivity index (χ4n) is 4.89. The lowest BCUT2D eigenvalue weighted by Gasteiger charge is -2.32. The predicted molar refractivity (Wildman–Crippen MR) is 159 cm³/mol. The highest BCUT2D eigenvalue weighted by Crippen LogP contribution is 2.33. The van der Waals surface area contributed by atoms with Crippen molar-refractivity contribution in [1.82, 2.24) is 10.2 Å². The average Bonchev–Trinajstić information content (AvgIpc) is 3.45. The molecular formula is C30H33Cl2N3O4S. The monoisotopic (exact) mass is 601 g/mol. The van der Waals surface area contributed by atoms with Crippen molar-refractivity contribution in [3.63, 3.8) is 0 Å². The highest BCUT2D eigenvalue weighted by molar-refractivity contribution is 7.92. The molecule has 1 saturated carbocycles. The van der Waals surface area contributed by atoms with Crippen LogP contribution in [0.25, 0.3) is 0 Å². The lowest BCUT2D eigenvalue weighted by Crippen LogP contribution is -2.52.